The summed E-state index contributed by atoms with van der Waals surface area (Å²) >= 11 is 3.53. The first-order valence-corrected chi connectivity index (χ1v) is 7.56. The zero-order valence-electron chi connectivity index (χ0n) is 12.0. The summed E-state index contributed by atoms with van der Waals surface area (Å²) in [5, 5.41) is 3.44. The molecule has 0 aliphatic rings. The molecule has 0 saturated carbocycles. The molecule has 0 heterocycles. The van der Waals surface area contributed by atoms with Crippen LogP contribution < -0.4 is 5.32 Å². The van der Waals surface area contributed by atoms with Crippen molar-refractivity contribution in [3.05, 3.63) is 68.9 Å². The third-order valence-electron chi connectivity index (χ3n) is 3.20. The number of rotatable bonds is 4. The molecule has 1 nitrogen and oxygen atoms in total. The highest BCUT2D eigenvalue weighted by Crippen LogP contribution is 2.27. The molecule has 0 fully saturated rings. The van der Waals surface area contributed by atoms with Gasteiger partial charge in [-0.15, -0.1) is 0 Å². The zero-order valence-corrected chi connectivity index (χ0v) is 13.6. The van der Waals surface area contributed by atoms with Gasteiger partial charge in [-0.1, -0.05) is 35.0 Å². The van der Waals surface area contributed by atoms with Crippen LogP contribution in [0.4, 0.5) is 4.39 Å². The molecule has 0 aliphatic carbocycles. The monoisotopic (exact) mass is 335 g/mol. The molecule has 0 bridgehead atoms. The minimum Gasteiger partial charge on any atom is -0.307 e. The highest BCUT2D eigenvalue weighted by molar-refractivity contribution is 9.10. The number of benzene rings is 2. The van der Waals surface area contributed by atoms with E-state index in [0.29, 0.717) is 0 Å². The summed E-state index contributed by atoms with van der Waals surface area (Å²) in [7, 11) is 0. The number of nitrogens with one attached hydrogen (secondary N) is 1. The molecule has 0 saturated heterocycles. The van der Waals surface area contributed by atoms with Gasteiger partial charge in [0.25, 0.3) is 0 Å². The van der Waals surface area contributed by atoms with Crippen molar-refractivity contribution in [2.24, 2.45) is 0 Å². The topological polar surface area (TPSA) is 12.0 Å². The van der Waals surface area contributed by atoms with Gasteiger partial charge in [0.2, 0.25) is 0 Å². The lowest BCUT2D eigenvalue weighted by Crippen LogP contribution is -2.22. The van der Waals surface area contributed by atoms with Crippen LogP contribution in [0.5, 0.6) is 0 Å². The van der Waals surface area contributed by atoms with E-state index in [2.05, 4.69) is 53.3 Å². The summed E-state index contributed by atoms with van der Waals surface area (Å²) < 4.78 is 14.7. The van der Waals surface area contributed by atoms with Gasteiger partial charge in [-0.2, -0.15) is 0 Å². The predicted molar refractivity (Wildman–Crippen MR) is 85.5 cm³/mol. The summed E-state index contributed by atoms with van der Waals surface area (Å²) in [6.07, 6.45) is 0. The minimum absolute atomic E-state index is 0.00519. The van der Waals surface area contributed by atoms with Gasteiger partial charge in [-0.3, -0.25) is 0 Å². The van der Waals surface area contributed by atoms with E-state index in [1.165, 1.54) is 5.56 Å². The van der Waals surface area contributed by atoms with Gasteiger partial charge in [-0.25, -0.2) is 4.39 Å². The van der Waals surface area contributed by atoms with Gasteiger partial charge in [0, 0.05) is 4.47 Å². The second-order valence-corrected chi connectivity index (χ2v) is 6.03. The summed E-state index contributed by atoms with van der Waals surface area (Å²) in [5.41, 5.74) is 4.23. The van der Waals surface area contributed by atoms with Crippen molar-refractivity contribution in [1.82, 2.24) is 5.32 Å². The van der Waals surface area contributed by atoms with Crippen LogP contribution in [0.1, 0.15) is 35.2 Å². The van der Waals surface area contributed by atoms with Crippen molar-refractivity contribution in [2.75, 3.05) is 6.54 Å². The first-order chi connectivity index (χ1) is 9.49. The van der Waals surface area contributed by atoms with Crippen molar-refractivity contribution < 1.29 is 4.39 Å². The lowest BCUT2D eigenvalue weighted by Gasteiger charge is -2.20. The van der Waals surface area contributed by atoms with E-state index in [4.69, 9.17) is 0 Å². The van der Waals surface area contributed by atoms with Gasteiger partial charge in [0.1, 0.15) is 5.82 Å². The fourth-order valence-corrected chi connectivity index (χ4v) is 3.12. The van der Waals surface area contributed by atoms with E-state index in [1.54, 1.807) is 12.1 Å². The molecule has 1 atom stereocenters. The van der Waals surface area contributed by atoms with E-state index < -0.39 is 0 Å². The summed E-state index contributed by atoms with van der Waals surface area (Å²) in [4.78, 5) is 0. The molecule has 2 aromatic carbocycles. The van der Waals surface area contributed by atoms with Crippen LogP contribution in [-0.4, -0.2) is 6.54 Å². The smallest absolute Gasteiger partial charge is 0.123 e. The SMILES string of the molecule is CCNC(c1cc(C)cc(F)c1)c1cc(C)cc(Br)c1. The van der Waals surface area contributed by atoms with Crippen LogP contribution in [0.2, 0.25) is 0 Å². The number of halogens is 2. The molecule has 2 rings (SSSR count). The third-order valence-corrected chi connectivity index (χ3v) is 3.66. The standard InChI is InChI=1S/C17H19BrFN/c1-4-20-17(13-5-11(2)7-15(18)9-13)14-6-12(3)8-16(19)10-14/h5-10,17,20H,4H2,1-3H3. The molecule has 0 spiro atoms. The normalized spacial score (nSPS) is 12.4. The van der Waals surface area contributed by atoms with Gasteiger partial charge < -0.3 is 5.32 Å². The highest BCUT2D eigenvalue weighted by Gasteiger charge is 2.15. The van der Waals surface area contributed by atoms with Crippen LogP contribution in [0.15, 0.2) is 40.9 Å². The quantitative estimate of drug-likeness (QED) is 0.837. The molecule has 0 aliphatic heterocycles. The average molecular weight is 336 g/mol. The molecule has 2 aromatic rings. The van der Waals surface area contributed by atoms with Gasteiger partial charge in [-0.05, 0) is 66.9 Å². The maximum Gasteiger partial charge on any atom is 0.123 e. The Bertz CT molecular complexity index is 518. The molecule has 3 heteroatoms. The molecule has 0 aromatic heterocycles. The molecule has 106 valence electrons. The van der Waals surface area contributed by atoms with E-state index in [0.717, 1.165) is 27.7 Å². The Morgan fingerprint density at radius 1 is 1.00 bits per heavy atom. The second kappa shape index (κ2) is 6.51. The largest absolute Gasteiger partial charge is 0.307 e. The Labute approximate surface area is 128 Å². The fraction of sp³-hybridized carbons (Fsp3) is 0.294. The zero-order chi connectivity index (χ0) is 14.7. The third kappa shape index (κ3) is 3.68. The molecule has 0 radical (unpaired) electrons. The van der Waals surface area contributed by atoms with E-state index in [9.17, 15) is 4.39 Å². The predicted octanol–water partition coefficient (Wildman–Crippen LogP) is 4.90. The maximum atomic E-state index is 13.7. The summed E-state index contributed by atoms with van der Waals surface area (Å²) in [5.74, 6) is -0.186. The van der Waals surface area contributed by atoms with Crippen LogP contribution in [0.25, 0.3) is 0 Å². The van der Waals surface area contributed by atoms with E-state index >= 15 is 0 Å². The van der Waals surface area contributed by atoms with Crippen LogP contribution >= 0.6 is 15.9 Å². The van der Waals surface area contributed by atoms with Crippen molar-refractivity contribution in [1.29, 1.82) is 0 Å². The minimum atomic E-state index is -0.186. The van der Waals surface area contributed by atoms with Crippen molar-refractivity contribution >= 4 is 15.9 Å². The van der Waals surface area contributed by atoms with Crippen molar-refractivity contribution in [3.8, 4) is 0 Å². The number of hydrogen-bond donors (Lipinski definition) is 1. The van der Waals surface area contributed by atoms with Crippen LogP contribution in [-0.2, 0) is 0 Å². The van der Waals surface area contributed by atoms with Crippen molar-refractivity contribution in [2.45, 2.75) is 26.8 Å². The molecule has 1 N–H and O–H groups in total. The van der Waals surface area contributed by atoms with Gasteiger partial charge >= 0.3 is 0 Å². The Morgan fingerprint density at radius 2 is 1.60 bits per heavy atom. The lowest BCUT2D eigenvalue weighted by molar-refractivity contribution is 0.601. The molecular weight excluding hydrogens is 317 g/mol. The van der Waals surface area contributed by atoms with Gasteiger partial charge in [0.05, 0.1) is 6.04 Å². The lowest BCUT2D eigenvalue weighted by atomic mass is 9.96. The Hall–Kier alpha value is -1.19. The number of hydrogen-bond acceptors (Lipinski definition) is 1. The average Bonchev–Trinajstić information content (AvgIpc) is 2.33. The molecule has 1 unspecified atom stereocenters. The first-order valence-electron chi connectivity index (χ1n) is 6.77. The highest BCUT2D eigenvalue weighted by atomic mass is 79.9. The maximum absolute atomic E-state index is 13.7. The molecule has 20 heavy (non-hydrogen) atoms. The van der Waals surface area contributed by atoms with Crippen LogP contribution in [0.3, 0.4) is 0 Å². The number of aryl methyl sites for hydroxylation is 2. The second-order valence-electron chi connectivity index (χ2n) is 5.11. The fourth-order valence-electron chi connectivity index (χ4n) is 2.49. The van der Waals surface area contributed by atoms with Gasteiger partial charge in [0.15, 0.2) is 0 Å². The Kier molecular flexibility index (Phi) is 4.95. The van der Waals surface area contributed by atoms with E-state index in [-0.39, 0.29) is 11.9 Å². The summed E-state index contributed by atoms with van der Waals surface area (Å²) in [6, 6.07) is 11.5. The summed E-state index contributed by atoms with van der Waals surface area (Å²) in [6.45, 7) is 6.87. The Morgan fingerprint density at radius 3 is 2.15 bits per heavy atom. The van der Waals surface area contributed by atoms with Crippen molar-refractivity contribution in [3.63, 3.8) is 0 Å². The molecular formula is C17H19BrFN. The Balaban J connectivity index is 2.49. The molecule has 0 amide bonds. The van der Waals surface area contributed by atoms with Crippen LogP contribution in [0, 0.1) is 19.7 Å². The van der Waals surface area contributed by atoms with E-state index in [1.807, 2.05) is 13.0 Å². The first kappa shape index (κ1) is 15.2.